The summed E-state index contributed by atoms with van der Waals surface area (Å²) in [6, 6.07) is 32.8. The highest BCUT2D eigenvalue weighted by atomic mass is 32.2. The summed E-state index contributed by atoms with van der Waals surface area (Å²) >= 11 is 1.71. The van der Waals surface area contributed by atoms with E-state index in [9.17, 15) is 9.59 Å². The van der Waals surface area contributed by atoms with Gasteiger partial charge in [-0.15, -0.1) is 11.8 Å². The third-order valence-electron chi connectivity index (χ3n) is 6.08. The van der Waals surface area contributed by atoms with Gasteiger partial charge in [0.1, 0.15) is 0 Å². The molecule has 0 radical (unpaired) electrons. The molecule has 0 aliphatic carbocycles. The normalized spacial score (nSPS) is 10.9. The molecule has 5 aromatic rings. The van der Waals surface area contributed by atoms with Crippen LogP contribution < -0.4 is 5.32 Å². The van der Waals surface area contributed by atoms with Crippen LogP contribution in [0.1, 0.15) is 31.8 Å². The molecule has 36 heavy (non-hydrogen) atoms. The molecular weight excluding hydrogens is 464 g/mol. The van der Waals surface area contributed by atoms with E-state index in [4.69, 9.17) is 0 Å². The van der Waals surface area contributed by atoms with Gasteiger partial charge in [-0.05, 0) is 24.6 Å². The molecule has 4 aromatic carbocycles. The van der Waals surface area contributed by atoms with E-state index in [-0.39, 0.29) is 11.7 Å². The zero-order valence-corrected chi connectivity index (χ0v) is 20.8. The van der Waals surface area contributed by atoms with E-state index >= 15 is 0 Å². The lowest BCUT2D eigenvalue weighted by atomic mass is 9.98. The fraction of sp³-hybridized carbons (Fsp3) is 0.0968. The first-order valence-electron chi connectivity index (χ1n) is 11.9. The first-order chi connectivity index (χ1) is 17.6. The molecule has 1 heterocycles. The highest BCUT2D eigenvalue weighted by molar-refractivity contribution is 7.99. The number of hydrogen-bond acceptors (Lipinski definition) is 3. The molecule has 0 spiro atoms. The molecule has 0 saturated heterocycles. The Balaban J connectivity index is 1.30. The van der Waals surface area contributed by atoms with Gasteiger partial charge in [0.15, 0.2) is 5.78 Å². The highest BCUT2D eigenvalue weighted by Gasteiger charge is 2.18. The molecule has 0 bridgehead atoms. The second-order valence-corrected chi connectivity index (χ2v) is 9.69. The van der Waals surface area contributed by atoms with Crippen LogP contribution in [-0.4, -0.2) is 29.0 Å². The van der Waals surface area contributed by atoms with Crippen LogP contribution in [0.2, 0.25) is 0 Å². The highest BCUT2D eigenvalue weighted by Crippen LogP contribution is 2.37. The molecule has 0 atom stereocenters. The SMILES string of the molecule is Cc1ccc(-c2[nH]c3ccccc3c2SCCNC(=O)c2ccccc2C(=O)c2ccccc2)cc1. The molecular formula is C31H26N2O2S. The van der Waals surface area contributed by atoms with Crippen molar-refractivity contribution in [3.63, 3.8) is 0 Å². The van der Waals surface area contributed by atoms with Crippen molar-refractivity contribution in [2.75, 3.05) is 12.3 Å². The Hall–Kier alpha value is -4.09. The van der Waals surface area contributed by atoms with Crippen molar-refractivity contribution in [3.05, 3.63) is 125 Å². The number of para-hydroxylation sites is 1. The van der Waals surface area contributed by atoms with E-state index in [0.29, 0.717) is 29.0 Å². The molecule has 2 N–H and O–H groups in total. The van der Waals surface area contributed by atoms with Crippen LogP contribution in [0.5, 0.6) is 0 Å². The van der Waals surface area contributed by atoms with Crippen molar-refractivity contribution in [3.8, 4) is 11.3 Å². The van der Waals surface area contributed by atoms with Gasteiger partial charge in [-0.3, -0.25) is 9.59 Å². The number of ketones is 1. The first kappa shape index (κ1) is 23.6. The number of H-pyrrole nitrogens is 1. The van der Waals surface area contributed by atoms with Crippen molar-refractivity contribution in [2.24, 2.45) is 0 Å². The molecule has 5 rings (SSSR count). The Morgan fingerprint density at radius 2 is 1.44 bits per heavy atom. The van der Waals surface area contributed by atoms with Gasteiger partial charge < -0.3 is 10.3 Å². The Kier molecular flexibility index (Phi) is 7.01. The van der Waals surface area contributed by atoms with Gasteiger partial charge >= 0.3 is 0 Å². The lowest BCUT2D eigenvalue weighted by Gasteiger charge is -2.10. The number of aromatic amines is 1. The molecule has 0 saturated carbocycles. The largest absolute Gasteiger partial charge is 0.354 e. The van der Waals surface area contributed by atoms with E-state index in [1.807, 2.05) is 30.3 Å². The van der Waals surface area contributed by atoms with Crippen LogP contribution in [-0.2, 0) is 0 Å². The molecule has 178 valence electrons. The van der Waals surface area contributed by atoms with Crippen molar-refractivity contribution in [1.82, 2.24) is 10.3 Å². The van der Waals surface area contributed by atoms with Gasteiger partial charge in [-0.25, -0.2) is 0 Å². The number of rotatable bonds is 8. The minimum atomic E-state index is -0.242. The maximum atomic E-state index is 13.0. The average molecular weight is 491 g/mol. The van der Waals surface area contributed by atoms with Gasteiger partial charge in [0, 0.05) is 39.2 Å². The van der Waals surface area contributed by atoms with E-state index in [0.717, 1.165) is 16.8 Å². The summed E-state index contributed by atoms with van der Waals surface area (Å²) in [5.74, 6) is 0.298. The summed E-state index contributed by atoms with van der Waals surface area (Å²) < 4.78 is 0. The molecule has 0 aliphatic heterocycles. The number of fused-ring (bicyclic) bond motifs is 1. The number of aromatic nitrogens is 1. The Bertz CT molecular complexity index is 1520. The quantitative estimate of drug-likeness (QED) is 0.141. The number of aryl methyl sites for hydroxylation is 1. The van der Waals surface area contributed by atoms with Crippen molar-refractivity contribution >= 4 is 34.4 Å². The minimum Gasteiger partial charge on any atom is -0.354 e. The Morgan fingerprint density at radius 1 is 0.778 bits per heavy atom. The van der Waals surface area contributed by atoms with Crippen LogP contribution in [0.3, 0.4) is 0 Å². The minimum absolute atomic E-state index is 0.155. The van der Waals surface area contributed by atoms with Gasteiger partial charge in [0.2, 0.25) is 0 Å². The number of carbonyl (C=O) groups excluding carboxylic acids is 2. The molecule has 5 heteroatoms. The lowest BCUT2D eigenvalue weighted by Crippen LogP contribution is -2.27. The van der Waals surface area contributed by atoms with Crippen LogP contribution in [0.25, 0.3) is 22.2 Å². The van der Waals surface area contributed by atoms with Crippen LogP contribution in [0.15, 0.2) is 108 Å². The average Bonchev–Trinajstić information content (AvgIpc) is 3.30. The summed E-state index contributed by atoms with van der Waals surface area (Å²) in [4.78, 5) is 30.7. The van der Waals surface area contributed by atoms with Gasteiger partial charge in [0.05, 0.1) is 11.3 Å². The molecule has 0 aliphatic rings. The molecule has 0 fully saturated rings. The van der Waals surface area contributed by atoms with Crippen molar-refractivity contribution in [2.45, 2.75) is 11.8 Å². The maximum Gasteiger partial charge on any atom is 0.252 e. The second kappa shape index (κ2) is 10.7. The lowest BCUT2D eigenvalue weighted by molar-refractivity contribution is 0.0944. The predicted octanol–water partition coefficient (Wildman–Crippen LogP) is 6.90. The van der Waals surface area contributed by atoms with E-state index in [2.05, 4.69) is 53.6 Å². The van der Waals surface area contributed by atoms with Gasteiger partial charge in [-0.1, -0.05) is 96.6 Å². The fourth-order valence-corrected chi connectivity index (χ4v) is 5.28. The standard InChI is InChI=1S/C31H26N2O2S/c1-21-15-17-22(18-16-21)28-30(26-13-7-8-14-27(26)33-28)36-20-19-32-31(35)25-12-6-5-11-24(25)29(34)23-9-3-2-4-10-23/h2-18,33H,19-20H2,1H3,(H,32,35). The molecule has 0 unspecified atom stereocenters. The summed E-state index contributed by atoms with van der Waals surface area (Å²) in [7, 11) is 0. The van der Waals surface area contributed by atoms with Crippen LogP contribution in [0.4, 0.5) is 0 Å². The second-order valence-electron chi connectivity index (χ2n) is 8.59. The third-order valence-corrected chi connectivity index (χ3v) is 7.21. The van der Waals surface area contributed by atoms with Gasteiger partial charge in [0.25, 0.3) is 5.91 Å². The fourth-order valence-electron chi connectivity index (χ4n) is 4.23. The number of thioether (sulfide) groups is 1. The Labute approximate surface area is 214 Å². The number of carbonyl (C=O) groups is 2. The topological polar surface area (TPSA) is 62.0 Å². The summed E-state index contributed by atoms with van der Waals surface area (Å²) in [5, 5.41) is 4.17. The van der Waals surface area contributed by atoms with E-state index < -0.39 is 0 Å². The molecule has 1 amide bonds. The first-order valence-corrected chi connectivity index (χ1v) is 12.9. The third kappa shape index (κ3) is 4.97. The number of hydrogen-bond donors (Lipinski definition) is 2. The van der Waals surface area contributed by atoms with Crippen molar-refractivity contribution < 1.29 is 9.59 Å². The molecule has 4 nitrogen and oxygen atoms in total. The smallest absolute Gasteiger partial charge is 0.252 e. The van der Waals surface area contributed by atoms with Crippen LogP contribution in [0, 0.1) is 6.92 Å². The Morgan fingerprint density at radius 3 is 2.22 bits per heavy atom. The monoisotopic (exact) mass is 490 g/mol. The number of benzene rings is 4. The number of amides is 1. The van der Waals surface area contributed by atoms with Crippen molar-refractivity contribution in [1.29, 1.82) is 0 Å². The van der Waals surface area contributed by atoms with E-state index in [1.165, 1.54) is 15.8 Å². The van der Waals surface area contributed by atoms with Gasteiger partial charge in [-0.2, -0.15) is 0 Å². The predicted molar refractivity (Wildman–Crippen MR) is 148 cm³/mol. The number of nitrogens with one attached hydrogen (secondary N) is 2. The summed E-state index contributed by atoms with van der Waals surface area (Å²) in [5.41, 5.74) is 5.90. The van der Waals surface area contributed by atoms with Crippen LogP contribution >= 0.6 is 11.8 Å². The summed E-state index contributed by atoms with van der Waals surface area (Å²) in [6.45, 7) is 2.56. The zero-order valence-electron chi connectivity index (χ0n) is 20.0. The van der Waals surface area contributed by atoms with E-state index in [1.54, 1.807) is 48.2 Å². The molecule has 1 aromatic heterocycles. The maximum absolute atomic E-state index is 13.0. The zero-order chi connectivity index (χ0) is 24.9. The summed E-state index contributed by atoms with van der Waals surface area (Å²) in [6.07, 6.45) is 0.